The van der Waals surface area contributed by atoms with Gasteiger partial charge in [-0.15, -0.1) is 23.1 Å². The molecule has 0 fully saturated rings. The maximum atomic E-state index is 13.6. The van der Waals surface area contributed by atoms with E-state index in [2.05, 4.69) is 22.6 Å². The minimum Gasteiger partial charge on any atom is -0.351 e. The summed E-state index contributed by atoms with van der Waals surface area (Å²) in [6.45, 7) is 1.99. The first kappa shape index (κ1) is 21.8. The lowest BCUT2D eigenvalue weighted by Crippen LogP contribution is -2.46. The van der Waals surface area contributed by atoms with Gasteiger partial charge in [-0.1, -0.05) is 29.4 Å². The zero-order valence-electron chi connectivity index (χ0n) is 17.8. The molecule has 4 aromatic rings. The zero-order valence-corrected chi connectivity index (χ0v) is 20.2. The molecule has 1 unspecified atom stereocenters. The highest BCUT2D eigenvalue weighted by atomic mass is 32.2. The van der Waals surface area contributed by atoms with Gasteiger partial charge in [-0.2, -0.15) is 4.98 Å². The molecule has 1 atom stereocenters. The largest absolute Gasteiger partial charge is 0.351 e. The molecule has 0 radical (unpaired) electrons. The van der Waals surface area contributed by atoms with E-state index in [1.54, 1.807) is 35.2 Å². The maximum Gasteiger partial charge on any atom is 0.258 e. The third-order valence-corrected chi connectivity index (χ3v) is 7.29. The standard InChI is InChI=1S/C24H19FN4OS3/c1-14-20(23-27-22(28-30-23)19-7-4-12-33-19)21(15-8-10-16(25)11-9-15)26-24(31)29(14)17-5-3-6-18(13-17)32-2/h3-13,21H,1-2H3,(H,26,31). The first-order chi connectivity index (χ1) is 16.0. The van der Waals surface area contributed by atoms with E-state index < -0.39 is 0 Å². The molecule has 3 heterocycles. The van der Waals surface area contributed by atoms with Crippen molar-refractivity contribution < 1.29 is 8.91 Å². The van der Waals surface area contributed by atoms with E-state index in [1.807, 2.05) is 47.7 Å². The molecule has 5 nitrogen and oxygen atoms in total. The molecule has 33 heavy (non-hydrogen) atoms. The molecule has 1 aliphatic rings. The van der Waals surface area contributed by atoms with Crippen LogP contribution in [-0.4, -0.2) is 21.5 Å². The summed E-state index contributed by atoms with van der Waals surface area (Å²) in [5.74, 6) is 0.626. The van der Waals surface area contributed by atoms with Crippen LogP contribution in [0.25, 0.3) is 16.3 Å². The average Bonchev–Trinajstić information content (AvgIpc) is 3.52. The molecule has 5 rings (SSSR count). The molecular weight excluding hydrogens is 475 g/mol. The first-order valence-electron chi connectivity index (χ1n) is 10.1. The Morgan fingerprint density at radius 1 is 1.15 bits per heavy atom. The number of nitrogens with zero attached hydrogens (tertiary/aromatic N) is 3. The van der Waals surface area contributed by atoms with E-state index in [0.29, 0.717) is 16.8 Å². The quantitative estimate of drug-likeness (QED) is 0.250. The Balaban J connectivity index is 1.66. The molecule has 1 aliphatic heterocycles. The van der Waals surface area contributed by atoms with Crippen LogP contribution in [0.5, 0.6) is 0 Å². The summed E-state index contributed by atoms with van der Waals surface area (Å²) >= 11 is 8.99. The van der Waals surface area contributed by atoms with Crippen molar-refractivity contribution >= 4 is 51.7 Å². The molecule has 2 aromatic carbocycles. The summed E-state index contributed by atoms with van der Waals surface area (Å²) < 4.78 is 19.4. The second-order valence-corrected chi connectivity index (χ2v) is 9.58. The van der Waals surface area contributed by atoms with Gasteiger partial charge in [-0.05, 0) is 72.7 Å². The summed E-state index contributed by atoms with van der Waals surface area (Å²) in [5, 5.41) is 10.1. The Kier molecular flexibility index (Phi) is 6.01. The van der Waals surface area contributed by atoms with Crippen LogP contribution >= 0.6 is 35.3 Å². The molecule has 0 saturated heterocycles. The van der Waals surface area contributed by atoms with E-state index in [4.69, 9.17) is 21.7 Å². The van der Waals surface area contributed by atoms with Crippen molar-refractivity contribution in [3.05, 3.63) is 89.0 Å². The number of benzene rings is 2. The molecule has 0 amide bonds. The predicted molar refractivity (Wildman–Crippen MR) is 136 cm³/mol. The third kappa shape index (κ3) is 4.19. The van der Waals surface area contributed by atoms with Gasteiger partial charge >= 0.3 is 0 Å². The normalized spacial score (nSPS) is 16.3. The van der Waals surface area contributed by atoms with Gasteiger partial charge in [0.15, 0.2) is 5.11 Å². The Morgan fingerprint density at radius 3 is 2.70 bits per heavy atom. The van der Waals surface area contributed by atoms with Gasteiger partial charge in [0, 0.05) is 16.3 Å². The van der Waals surface area contributed by atoms with Gasteiger partial charge in [0.25, 0.3) is 5.89 Å². The fourth-order valence-corrected chi connectivity index (χ4v) is 5.29. The van der Waals surface area contributed by atoms with E-state index in [1.165, 1.54) is 12.1 Å². The topological polar surface area (TPSA) is 54.2 Å². The molecule has 166 valence electrons. The highest BCUT2D eigenvalue weighted by Crippen LogP contribution is 2.40. The minimum atomic E-state index is -0.366. The molecule has 0 spiro atoms. The smallest absolute Gasteiger partial charge is 0.258 e. The second kappa shape index (κ2) is 9.09. The number of thioether (sulfide) groups is 1. The minimum absolute atomic E-state index is 0.298. The third-order valence-electron chi connectivity index (χ3n) is 5.40. The fraction of sp³-hybridized carbons (Fsp3) is 0.125. The maximum absolute atomic E-state index is 13.6. The molecule has 9 heteroatoms. The van der Waals surface area contributed by atoms with Gasteiger partial charge < -0.3 is 9.84 Å². The Hall–Kier alpha value is -3.01. The van der Waals surface area contributed by atoms with Crippen LogP contribution in [0.4, 0.5) is 10.1 Å². The lowest BCUT2D eigenvalue weighted by Gasteiger charge is -2.37. The highest BCUT2D eigenvalue weighted by molar-refractivity contribution is 7.98. The molecule has 1 N–H and O–H groups in total. The van der Waals surface area contributed by atoms with E-state index in [-0.39, 0.29) is 11.9 Å². The Morgan fingerprint density at radius 2 is 1.97 bits per heavy atom. The van der Waals surface area contributed by atoms with Crippen molar-refractivity contribution in [2.75, 3.05) is 11.2 Å². The first-order valence-corrected chi connectivity index (χ1v) is 12.7. The number of hydrogen-bond donors (Lipinski definition) is 1. The average molecular weight is 495 g/mol. The number of aromatic nitrogens is 2. The number of halogens is 1. The number of allylic oxidation sites excluding steroid dienone is 1. The zero-order chi connectivity index (χ0) is 22.9. The molecule has 0 aliphatic carbocycles. The summed E-state index contributed by atoms with van der Waals surface area (Å²) in [5.41, 5.74) is 3.44. The molecule has 0 bridgehead atoms. The summed E-state index contributed by atoms with van der Waals surface area (Å²) in [4.78, 5) is 8.71. The molecule has 2 aromatic heterocycles. The Labute approximate surface area is 204 Å². The number of thiocarbonyl (C=S) groups is 1. The number of rotatable bonds is 5. The van der Waals surface area contributed by atoms with Gasteiger partial charge in [0.2, 0.25) is 5.82 Å². The van der Waals surface area contributed by atoms with Gasteiger partial charge in [-0.3, -0.25) is 4.90 Å². The van der Waals surface area contributed by atoms with Crippen molar-refractivity contribution in [2.45, 2.75) is 17.9 Å². The lowest BCUT2D eigenvalue weighted by atomic mass is 9.94. The van der Waals surface area contributed by atoms with Crippen molar-refractivity contribution in [1.29, 1.82) is 0 Å². The molecular formula is C24H19FN4OS3. The van der Waals surface area contributed by atoms with Gasteiger partial charge in [0.1, 0.15) is 5.82 Å². The fourth-order valence-electron chi connectivity index (χ4n) is 3.82. The van der Waals surface area contributed by atoms with Crippen LogP contribution in [0.1, 0.15) is 24.4 Å². The summed E-state index contributed by atoms with van der Waals surface area (Å²) in [6.07, 6.45) is 2.04. The second-order valence-electron chi connectivity index (χ2n) is 7.37. The van der Waals surface area contributed by atoms with Crippen LogP contribution in [0, 0.1) is 5.82 Å². The van der Waals surface area contributed by atoms with Crippen molar-refractivity contribution in [1.82, 2.24) is 15.5 Å². The number of thiophene rings is 1. The van der Waals surface area contributed by atoms with Gasteiger partial charge in [0.05, 0.1) is 16.5 Å². The predicted octanol–water partition coefficient (Wildman–Crippen LogP) is 6.53. The highest BCUT2D eigenvalue weighted by Gasteiger charge is 2.35. The van der Waals surface area contributed by atoms with Crippen molar-refractivity contribution in [2.24, 2.45) is 0 Å². The monoisotopic (exact) mass is 494 g/mol. The van der Waals surface area contributed by atoms with E-state index >= 15 is 0 Å². The lowest BCUT2D eigenvalue weighted by molar-refractivity contribution is 0.404. The van der Waals surface area contributed by atoms with Crippen LogP contribution in [-0.2, 0) is 0 Å². The number of hydrogen-bond acceptors (Lipinski definition) is 6. The van der Waals surface area contributed by atoms with Crippen LogP contribution in [0.15, 0.2) is 81.2 Å². The van der Waals surface area contributed by atoms with Crippen molar-refractivity contribution in [3.8, 4) is 10.7 Å². The Bertz CT molecular complexity index is 1330. The van der Waals surface area contributed by atoms with Crippen LogP contribution in [0.3, 0.4) is 0 Å². The molecule has 0 saturated carbocycles. The summed E-state index contributed by atoms with van der Waals surface area (Å²) in [6, 6.07) is 18.0. The number of anilines is 1. The van der Waals surface area contributed by atoms with Crippen molar-refractivity contribution in [3.63, 3.8) is 0 Å². The van der Waals surface area contributed by atoms with Crippen LogP contribution in [0.2, 0.25) is 0 Å². The SMILES string of the molecule is CSc1cccc(N2C(=S)NC(c3ccc(F)cc3)C(c3nc(-c4cccs4)no3)=C2C)c1. The van der Waals surface area contributed by atoms with E-state index in [9.17, 15) is 4.39 Å². The number of nitrogens with one attached hydrogen (secondary N) is 1. The van der Waals surface area contributed by atoms with E-state index in [0.717, 1.165) is 32.3 Å². The summed E-state index contributed by atoms with van der Waals surface area (Å²) in [7, 11) is 0. The van der Waals surface area contributed by atoms with Crippen LogP contribution < -0.4 is 10.2 Å². The van der Waals surface area contributed by atoms with Gasteiger partial charge in [-0.25, -0.2) is 4.39 Å².